The Morgan fingerprint density at radius 3 is 3.06 bits per heavy atom. The molecule has 0 saturated heterocycles. The van der Waals surface area contributed by atoms with Crippen LogP contribution in [-0.2, 0) is 5.41 Å². The van der Waals surface area contributed by atoms with Crippen molar-refractivity contribution in [3.05, 3.63) is 24.3 Å². The predicted octanol–water partition coefficient (Wildman–Crippen LogP) is 3.43. The molecular weight excluding hydrogens is 210 g/mol. The van der Waals surface area contributed by atoms with E-state index in [0.717, 1.165) is 5.65 Å². The Morgan fingerprint density at radius 2 is 2.24 bits per heavy atom. The molecule has 3 heteroatoms. The van der Waals surface area contributed by atoms with Crippen LogP contribution in [0.1, 0.15) is 45.2 Å². The summed E-state index contributed by atoms with van der Waals surface area (Å²) in [5, 5.41) is 1.20. The van der Waals surface area contributed by atoms with Crippen molar-refractivity contribution in [1.29, 1.82) is 0 Å². The third-order valence-corrected chi connectivity index (χ3v) is 4.57. The molecule has 0 spiro atoms. The van der Waals surface area contributed by atoms with Gasteiger partial charge in [-0.2, -0.15) is 0 Å². The van der Waals surface area contributed by atoms with Gasteiger partial charge in [0.05, 0.1) is 5.69 Å². The smallest absolute Gasteiger partial charge is 0.140 e. The van der Waals surface area contributed by atoms with Crippen molar-refractivity contribution < 1.29 is 0 Å². The van der Waals surface area contributed by atoms with Crippen LogP contribution in [0.25, 0.3) is 11.0 Å². The third kappa shape index (κ3) is 1.56. The maximum Gasteiger partial charge on any atom is 0.140 e. The molecule has 2 unspecified atom stereocenters. The van der Waals surface area contributed by atoms with Gasteiger partial charge in [-0.3, -0.25) is 0 Å². The number of nitrogens with zero attached hydrogens (tertiary/aromatic N) is 2. The van der Waals surface area contributed by atoms with Crippen LogP contribution in [0.3, 0.4) is 0 Å². The van der Waals surface area contributed by atoms with E-state index in [9.17, 15) is 0 Å². The largest absolute Gasteiger partial charge is 0.346 e. The summed E-state index contributed by atoms with van der Waals surface area (Å²) in [7, 11) is 0. The quantitative estimate of drug-likeness (QED) is 0.814. The Labute approximate surface area is 102 Å². The van der Waals surface area contributed by atoms with Crippen LogP contribution in [0.15, 0.2) is 18.6 Å². The number of rotatable bonds is 1. The molecule has 0 amide bonds. The number of hydrogen-bond acceptors (Lipinski definition) is 2. The van der Waals surface area contributed by atoms with Crippen molar-refractivity contribution in [2.75, 3.05) is 0 Å². The highest BCUT2D eigenvalue weighted by molar-refractivity contribution is 5.78. The van der Waals surface area contributed by atoms with E-state index in [-0.39, 0.29) is 5.41 Å². The third-order valence-electron chi connectivity index (χ3n) is 4.57. The van der Waals surface area contributed by atoms with Gasteiger partial charge in [-0.25, -0.2) is 9.97 Å². The van der Waals surface area contributed by atoms with Gasteiger partial charge in [-0.15, -0.1) is 0 Å². The average Bonchev–Trinajstić information content (AvgIpc) is 2.81. The second kappa shape index (κ2) is 3.83. The molecule has 3 rings (SSSR count). The van der Waals surface area contributed by atoms with E-state index in [2.05, 4.69) is 34.9 Å². The maximum atomic E-state index is 4.59. The summed E-state index contributed by atoms with van der Waals surface area (Å²) in [5.41, 5.74) is 2.41. The summed E-state index contributed by atoms with van der Waals surface area (Å²) in [6.45, 7) is 4.73. The van der Waals surface area contributed by atoms with Crippen LogP contribution in [0, 0.1) is 5.92 Å². The van der Waals surface area contributed by atoms with E-state index in [4.69, 9.17) is 0 Å². The van der Waals surface area contributed by atoms with Crippen molar-refractivity contribution >= 4 is 11.0 Å². The summed E-state index contributed by atoms with van der Waals surface area (Å²) in [4.78, 5) is 12.1. The van der Waals surface area contributed by atoms with Gasteiger partial charge in [-0.1, -0.05) is 26.7 Å². The normalized spacial score (nSPS) is 29.6. The van der Waals surface area contributed by atoms with E-state index in [1.165, 1.54) is 36.8 Å². The van der Waals surface area contributed by atoms with Crippen molar-refractivity contribution in [3.63, 3.8) is 0 Å². The minimum atomic E-state index is 0.210. The summed E-state index contributed by atoms with van der Waals surface area (Å²) in [6.07, 6.45) is 8.88. The maximum absolute atomic E-state index is 4.59. The zero-order valence-corrected chi connectivity index (χ0v) is 10.5. The Balaban J connectivity index is 2.16. The fourth-order valence-corrected chi connectivity index (χ4v) is 3.19. The molecule has 1 N–H and O–H groups in total. The van der Waals surface area contributed by atoms with Gasteiger partial charge >= 0.3 is 0 Å². The molecule has 2 aromatic rings. The minimum Gasteiger partial charge on any atom is -0.346 e. The lowest BCUT2D eigenvalue weighted by molar-refractivity contribution is 0.217. The van der Waals surface area contributed by atoms with Crippen LogP contribution >= 0.6 is 0 Å². The second-order valence-electron chi connectivity index (χ2n) is 5.53. The zero-order valence-electron chi connectivity index (χ0n) is 10.5. The monoisotopic (exact) mass is 229 g/mol. The lowest BCUT2D eigenvalue weighted by Crippen LogP contribution is -2.34. The number of aromatic amines is 1. The standard InChI is InChI=1S/C14H19N3/c1-10-5-3-4-7-14(10,2)12-11-6-8-15-13(11)17-9-16-12/h6,8-10H,3-5,7H2,1-2H3,(H,15,16,17). The topological polar surface area (TPSA) is 41.6 Å². The number of fused-ring (bicyclic) bond motifs is 1. The summed E-state index contributed by atoms with van der Waals surface area (Å²) >= 11 is 0. The molecule has 0 radical (unpaired) electrons. The van der Waals surface area contributed by atoms with Crippen LogP contribution < -0.4 is 0 Å². The molecule has 0 bridgehead atoms. The predicted molar refractivity (Wildman–Crippen MR) is 68.9 cm³/mol. The molecule has 17 heavy (non-hydrogen) atoms. The van der Waals surface area contributed by atoms with Gasteiger partial charge in [0.25, 0.3) is 0 Å². The van der Waals surface area contributed by atoms with Crippen LogP contribution in [0.2, 0.25) is 0 Å². The molecule has 2 atom stereocenters. The van der Waals surface area contributed by atoms with Crippen molar-refractivity contribution in [1.82, 2.24) is 15.0 Å². The summed E-state index contributed by atoms with van der Waals surface area (Å²) < 4.78 is 0. The highest BCUT2D eigenvalue weighted by Crippen LogP contribution is 2.44. The van der Waals surface area contributed by atoms with Gasteiger partial charge in [0, 0.05) is 17.0 Å². The first-order valence-corrected chi connectivity index (χ1v) is 6.50. The molecular formula is C14H19N3. The summed E-state index contributed by atoms with van der Waals surface area (Å²) in [6, 6.07) is 2.11. The Hall–Kier alpha value is -1.38. The zero-order chi connectivity index (χ0) is 11.9. The first kappa shape index (κ1) is 10.8. The molecule has 3 nitrogen and oxygen atoms in total. The SMILES string of the molecule is CC1CCCCC1(C)c1ncnc2[nH]ccc12. The van der Waals surface area contributed by atoms with Crippen LogP contribution in [0.4, 0.5) is 0 Å². The summed E-state index contributed by atoms with van der Waals surface area (Å²) in [5.74, 6) is 0.698. The number of hydrogen-bond donors (Lipinski definition) is 1. The molecule has 2 aromatic heterocycles. The van der Waals surface area contributed by atoms with E-state index < -0.39 is 0 Å². The van der Waals surface area contributed by atoms with Gasteiger partial charge in [-0.05, 0) is 24.8 Å². The second-order valence-corrected chi connectivity index (χ2v) is 5.53. The molecule has 1 aliphatic rings. The van der Waals surface area contributed by atoms with Crippen molar-refractivity contribution in [2.45, 2.75) is 44.9 Å². The van der Waals surface area contributed by atoms with Crippen LogP contribution in [-0.4, -0.2) is 15.0 Å². The minimum absolute atomic E-state index is 0.210. The number of aromatic nitrogens is 3. The number of H-pyrrole nitrogens is 1. The highest BCUT2D eigenvalue weighted by atomic mass is 14.9. The van der Waals surface area contributed by atoms with Crippen molar-refractivity contribution in [2.24, 2.45) is 5.92 Å². The Bertz CT molecular complexity index is 531. The highest BCUT2D eigenvalue weighted by Gasteiger charge is 2.37. The molecule has 0 aromatic carbocycles. The van der Waals surface area contributed by atoms with Gasteiger partial charge in [0.2, 0.25) is 0 Å². The molecule has 1 saturated carbocycles. The van der Waals surface area contributed by atoms with Gasteiger partial charge in [0.15, 0.2) is 0 Å². The molecule has 90 valence electrons. The van der Waals surface area contributed by atoms with Crippen LogP contribution in [0.5, 0.6) is 0 Å². The fourth-order valence-electron chi connectivity index (χ4n) is 3.19. The van der Waals surface area contributed by atoms with E-state index >= 15 is 0 Å². The first-order chi connectivity index (χ1) is 8.22. The Morgan fingerprint density at radius 1 is 1.35 bits per heavy atom. The number of nitrogens with one attached hydrogen (secondary N) is 1. The van der Waals surface area contributed by atoms with Gasteiger partial charge in [0.1, 0.15) is 12.0 Å². The lowest BCUT2D eigenvalue weighted by atomic mass is 9.66. The van der Waals surface area contributed by atoms with E-state index in [1.54, 1.807) is 6.33 Å². The first-order valence-electron chi connectivity index (χ1n) is 6.50. The van der Waals surface area contributed by atoms with Gasteiger partial charge < -0.3 is 4.98 Å². The van der Waals surface area contributed by atoms with E-state index in [1.807, 2.05) is 6.20 Å². The lowest BCUT2D eigenvalue weighted by Gasteiger charge is -2.39. The van der Waals surface area contributed by atoms with Crippen molar-refractivity contribution in [3.8, 4) is 0 Å². The van der Waals surface area contributed by atoms with E-state index in [0.29, 0.717) is 5.92 Å². The molecule has 0 aliphatic heterocycles. The average molecular weight is 229 g/mol. The Kier molecular flexibility index (Phi) is 2.42. The molecule has 2 heterocycles. The molecule has 1 fully saturated rings. The fraction of sp³-hybridized carbons (Fsp3) is 0.571. The molecule has 1 aliphatic carbocycles.